The average molecular weight is 671 g/mol. The topological polar surface area (TPSA) is 99.2 Å². The number of thiocarbonyl (C=S) groups is 1. The first-order valence-electron chi connectivity index (χ1n) is 14.0. The van der Waals surface area contributed by atoms with Crippen molar-refractivity contribution in [2.24, 2.45) is 0 Å². The Balaban J connectivity index is 1.30. The first-order valence-corrected chi connectivity index (χ1v) is 16.0. The SMILES string of the molecule is O=C(CCN1C(=O)C(=Cc2cc(-c3ccc(Cl)c(Cl)c3)ccc2OCCN2CCCC2)SC1=S)Nc1ccc(C(=O)O)cc1. The molecule has 3 aromatic carbocycles. The number of hydrogen-bond donors (Lipinski definition) is 2. The van der Waals surface area contributed by atoms with Gasteiger partial charge >= 0.3 is 5.97 Å². The van der Waals surface area contributed by atoms with Crippen molar-refractivity contribution in [3.05, 3.63) is 86.7 Å². The number of halogens is 2. The molecule has 0 spiro atoms. The highest BCUT2D eigenvalue weighted by Gasteiger charge is 2.32. The number of carbonyl (C=O) groups excluding carboxylic acids is 2. The van der Waals surface area contributed by atoms with Gasteiger partial charge in [-0.2, -0.15) is 0 Å². The summed E-state index contributed by atoms with van der Waals surface area (Å²) < 4.78 is 6.56. The summed E-state index contributed by atoms with van der Waals surface area (Å²) in [5.41, 5.74) is 3.05. The molecule has 5 rings (SSSR count). The molecule has 2 aliphatic heterocycles. The molecule has 0 atom stereocenters. The molecule has 228 valence electrons. The molecule has 0 saturated carbocycles. The van der Waals surface area contributed by atoms with Gasteiger partial charge in [-0.1, -0.05) is 59.3 Å². The van der Waals surface area contributed by atoms with Crippen LogP contribution >= 0.6 is 47.2 Å². The lowest BCUT2D eigenvalue weighted by molar-refractivity contribution is -0.122. The van der Waals surface area contributed by atoms with Crippen LogP contribution < -0.4 is 10.1 Å². The smallest absolute Gasteiger partial charge is 0.335 e. The predicted molar refractivity (Wildman–Crippen MR) is 180 cm³/mol. The second kappa shape index (κ2) is 14.6. The highest BCUT2D eigenvalue weighted by atomic mass is 35.5. The summed E-state index contributed by atoms with van der Waals surface area (Å²) >= 11 is 19.1. The van der Waals surface area contributed by atoms with Gasteiger partial charge in [0.25, 0.3) is 5.91 Å². The predicted octanol–water partition coefficient (Wildman–Crippen LogP) is 7.06. The van der Waals surface area contributed by atoms with Crippen LogP contribution in [0.25, 0.3) is 17.2 Å². The number of aromatic carboxylic acids is 1. The third kappa shape index (κ3) is 7.99. The van der Waals surface area contributed by atoms with Crippen LogP contribution in [-0.2, 0) is 9.59 Å². The molecule has 12 heteroatoms. The summed E-state index contributed by atoms with van der Waals surface area (Å²) in [6.07, 6.45) is 4.19. The van der Waals surface area contributed by atoms with Crippen LogP contribution in [0.5, 0.6) is 5.75 Å². The second-order valence-corrected chi connectivity index (χ2v) is 12.8. The van der Waals surface area contributed by atoms with E-state index in [0.29, 0.717) is 37.3 Å². The number of nitrogens with one attached hydrogen (secondary N) is 1. The van der Waals surface area contributed by atoms with Crippen LogP contribution in [0, 0.1) is 0 Å². The van der Waals surface area contributed by atoms with Crippen molar-refractivity contribution >= 4 is 81.0 Å². The minimum atomic E-state index is -1.05. The quantitative estimate of drug-likeness (QED) is 0.165. The molecule has 2 amide bonds. The fourth-order valence-corrected chi connectivity index (χ4v) is 6.50. The molecule has 0 radical (unpaired) electrons. The Hall–Kier alpha value is -3.41. The number of rotatable bonds is 11. The Bertz CT molecular complexity index is 1620. The van der Waals surface area contributed by atoms with Crippen molar-refractivity contribution in [3.63, 3.8) is 0 Å². The van der Waals surface area contributed by atoms with Gasteiger partial charge in [0.05, 0.1) is 20.5 Å². The number of amides is 2. The lowest BCUT2D eigenvalue weighted by Crippen LogP contribution is -2.31. The molecule has 2 aliphatic rings. The van der Waals surface area contributed by atoms with E-state index in [1.165, 1.54) is 53.8 Å². The number of ether oxygens (including phenoxy) is 1. The van der Waals surface area contributed by atoms with Crippen molar-refractivity contribution in [2.45, 2.75) is 19.3 Å². The number of carboxylic acid groups (broad SMARTS) is 1. The first kappa shape index (κ1) is 32.0. The van der Waals surface area contributed by atoms with Crippen molar-refractivity contribution in [2.75, 3.05) is 38.1 Å². The maximum Gasteiger partial charge on any atom is 0.335 e. The molecule has 3 aromatic rings. The first-order chi connectivity index (χ1) is 21.2. The zero-order valence-corrected chi connectivity index (χ0v) is 26.7. The van der Waals surface area contributed by atoms with Crippen LogP contribution in [0.4, 0.5) is 5.69 Å². The van der Waals surface area contributed by atoms with Crippen LogP contribution in [-0.4, -0.2) is 69.8 Å². The Morgan fingerprint density at radius 2 is 1.68 bits per heavy atom. The molecule has 0 unspecified atom stereocenters. The average Bonchev–Trinajstić information content (AvgIpc) is 3.61. The molecule has 0 aliphatic carbocycles. The number of carbonyl (C=O) groups is 3. The summed E-state index contributed by atoms with van der Waals surface area (Å²) in [5, 5.41) is 12.7. The number of nitrogens with zero attached hydrogens (tertiary/aromatic N) is 2. The fraction of sp³-hybridized carbons (Fsp3) is 0.250. The van der Waals surface area contributed by atoms with E-state index in [9.17, 15) is 14.4 Å². The molecule has 44 heavy (non-hydrogen) atoms. The molecule has 0 aromatic heterocycles. The van der Waals surface area contributed by atoms with E-state index in [0.717, 1.165) is 36.3 Å². The fourth-order valence-electron chi connectivity index (χ4n) is 4.91. The molecular formula is C32H29Cl2N3O5S2. The lowest BCUT2D eigenvalue weighted by Gasteiger charge is -2.17. The molecule has 8 nitrogen and oxygen atoms in total. The minimum Gasteiger partial charge on any atom is -0.492 e. The number of benzene rings is 3. The number of likely N-dealkylation sites (tertiary alicyclic amines) is 1. The maximum atomic E-state index is 13.4. The van der Waals surface area contributed by atoms with Crippen LogP contribution in [0.2, 0.25) is 10.0 Å². The van der Waals surface area contributed by atoms with Crippen molar-refractivity contribution in [1.29, 1.82) is 0 Å². The molecule has 0 bridgehead atoms. The molecule has 2 N–H and O–H groups in total. The molecule has 2 heterocycles. The summed E-state index contributed by atoms with van der Waals surface area (Å²) in [6, 6.07) is 17.0. The molecular weight excluding hydrogens is 641 g/mol. The van der Waals surface area contributed by atoms with E-state index in [1.54, 1.807) is 18.2 Å². The second-order valence-electron chi connectivity index (χ2n) is 10.3. The van der Waals surface area contributed by atoms with Crippen molar-refractivity contribution in [3.8, 4) is 16.9 Å². The largest absolute Gasteiger partial charge is 0.492 e. The van der Waals surface area contributed by atoms with Gasteiger partial charge < -0.3 is 15.2 Å². The van der Waals surface area contributed by atoms with Gasteiger partial charge in [-0.05, 0) is 91.7 Å². The minimum absolute atomic E-state index is 0.0120. The van der Waals surface area contributed by atoms with Crippen LogP contribution in [0.15, 0.2) is 65.6 Å². The highest BCUT2D eigenvalue weighted by Crippen LogP contribution is 2.37. The van der Waals surface area contributed by atoms with Gasteiger partial charge in [0.1, 0.15) is 16.7 Å². The number of thioether (sulfide) groups is 1. The molecule has 2 fully saturated rings. The van der Waals surface area contributed by atoms with Gasteiger partial charge in [-0.25, -0.2) is 4.79 Å². The Labute approximate surface area is 275 Å². The number of anilines is 1. The van der Waals surface area contributed by atoms with E-state index < -0.39 is 5.97 Å². The van der Waals surface area contributed by atoms with Gasteiger partial charge in [-0.3, -0.25) is 19.4 Å². The lowest BCUT2D eigenvalue weighted by atomic mass is 10.0. The van der Waals surface area contributed by atoms with E-state index in [4.69, 9.17) is 45.3 Å². The summed E-state index contributed by atoms with van der Waals surface area (Å²) in [4.78, 5) is 41.2. The summed E-state index contributed by atoms with van der Waals surface area (Å²) in [7, 11) is 0. The van der Waals surface area contributed by atoms with E-state index in [2.05, 4.69) is 10.2 Å². The van der Waals surface area contributed by atoms with Crippen LogP contribution in [0.1, 0.15) is 35.2 Å². The van der Waals surface area contributed by atoms with E-state index in [1.807, 2.05) is 24.3 Å². The van der Waals surface area contributed by atoms with Gasteiger partial charge in [0.2, 0.25) is 5.91 Å². The third-order valence-electron chi connectivity index (χ3n) is 7.26. The zero-order valence-electron chi connectivity index (χ0n) is 23.6. The van der Waals surface area contributed by atoms with E-state index in [-0.39, 0.29) is 30.3 Å². The van der Waals surface area contributed by atoms with Crippen LogP contribution in [0.3, 0.4) is 0 Å². The van der Waals surface area contributed by atoms with Gasteiger partial charge in [0.15, 0.2) is 0 Å². The third-order valence-corrected chi connectivity index (χ3v) is 9.38. The van der Waals surface area contributed by atoms with Crippen molar-refractivity contribution in [1.82, 2.24) is 9.80 Å². The van der Waals surface area contributed by atoms with Gasteiger partial charge in [0, 0.05) is 30.8 Å². The number of carboxylic acids is 1. The zero-order chi connectivity index (χ0) is 31.2. The number of hydrogen-bond acceptors (Lipinski definition) is 7. The monoisotopic (exact) mass is 669 g/mol. The summed E-state index contributed by atoms with van der Waals surface area (Å²) in [6.45, 7) is 3.58. The van der Waals surface area contributed by atoms with Gasteiger partial charge in [-0.15, -0.1) is 0 Å². The highest BCUT2D eigenvalue weighted by molar-refractivity contribution is 8.26. The molecule has 2 saturated heterocycles. The Morgan fingerprint density at radius 3 is 2.39 bits per heavy atom. The van der Waals surface area contributed by atoms with E-state index >= 15 is 0 Å². The summed E-state index contributed by atoms with van der Waals surface area (Å²) in [5.74, 6) is -1.02. The Kier molecular flexibility index (Phi) is 10.6. The van der Waals surface area contributed by atoms with Crippen molar-refractivity contribution < 1.29 is 24.2 Å². The maximum absolute atomic E-state index is 13.4. The Morgan fingerprint density at radius 1 is 0.977 bits per heavy atom. The normalized spacial score (nSPS) is 16.1. The standard InChI is InChI=1S/C32H29Cl2N3O5S2/c33-25-9-5-22(18-26(25)34)21-6-10-27(42-16-15-36-12-1-2-13-36)23(17-21)19-28-30(39)37(32(43)44-28)14-11-29(38)35-24-7-3-20(4-8-24)31(40)41/h3-10,17-19H,1-2,11-16H2,(H,35,38)(H,40,41).